The highest BCUT2D eigenvalue weighted by atomic mass is 16.2. The van der Waals surface area contributed by atoms with Crippen LogP contribution >= 0.6 is 0 Å². The monoisotopic (exact) mass is 198 g/mol. The largest absolute Gasteiger partial charge is 0.331 e. The van der Waals surface area contributed by atoms with E-state index in [1.54, 1.807) is 4.90 Å². The molecule has 1 fully saturated rings. The quantitative estimate of drug-likeness (QED) is 0.709. The van der Waals surface area contributed by atoms with Crippen LogP contribution in [0.5, 0.6) is 0 Å². The Morgan fingerprint density at radius 2 is 2.21 bits per heavy atom. The lowest BCUT2D eigenvalue weighted by Gasteiger charge is -2.25. The molecule has 1 rings (SSSR count). The van der Waals surface area contributed by atoms with Crippen LogP contribution in [0.3, 0.4) is 0 Å². The van der Waals surface area contributed by atoms with E-state index >= 15 is 0 Å². The molecule has 1 heterocycles. The average Bonchev–Trinajstić information content (AvgIpc) is 2.63. The van der Waals surface area contributed by atoms with Gasteiger partial charge in [-0.15, -0.1) is 0 Å². The molecular weight excluding hydrogens is 180 g/mol. The van der Waals surface area contributed by atoms with Gasteiger partial charge in [0.15, 0.2) is 5.78 Å². The summed E-state index contributed by atoms with van der Waals surface area (Å²) >= 11 is 0. The summed E-state index contributed by atoms with van der Waals surface area (Å²) in [6.45, 7) is 4.09. The summed E-state index contributed by atoms with van der Waals surface area (Å²) in [6, 6.07) is -0.671. The molecule has 80 valence electrons. The number of carbonyl (C=O) groups is 2. The Hall–Kier alpha value is -0.900. The van der Waals surface area contributed by atoms with E-state index in [4.69, 9.17) is 5.73 Å². The van der Waals surface area contributed by atoms with Crippen LogP contribution in [0.2, 0.25) is 0 Å². The molecule has 0 bridgehead atoms. The highest BCUT2D eigenvalue weighted by Gasteiger charge is 2.33. The van der Waals surface area contributed by atoms with Gasteiger partial charge in [0, 0.05) is 6.54 Å². The van der Waals surface area contributed by atoms with Gasteiger partial charge in [-0.05, 0) is 26.2 Å². The van der Waals surface area contributed by atoms with Gasteiger partial charge < -0.3 is 10.6 Å². The number of hydrogen-bond donors (Lipinski definition) is 1. The SMILES string of the molecule is CC[C@H](N)C(=O)N1CCC[C@@H]1C(C)=O. The minimum atomic E-state index is -0.449. The first-order valence-corrected chi connectivity index (χ1v) is 5.14. The van der Waals surface area contributed by atoms with Gasteiger partial charge in [0.2, 0.25) is 5.91 Å². The molecule has 1 aliphatic heterocycles. The van der Waals surface area contributed by atoms with Gasteiger partial charge in [0.25, 0.3) is 0 Å². The highest BCUT2D eigenvalue weighted by Crippen LogP contribution is 2.18. The molecular formula is C10H18N2O2. The fourth-order valence-corrected chi connectivity index (χ4v) is 1.84. The number of rotatable bonds is 3. The van der Waals surface area contributed by atoms with Crippen molar-refractivity contribution < 1.29 is 9.59 Å². The topological polar surface area (TPSA) is 63.4 Å². The maximum Gasteiger partial charge on any atom is 0.240 e. The second-order valence-electron chi connectivity index (χ2n) is 3.82. The molecule has 1 aliphatic rings. The van der Waals surface area contributed by atoms with E-state index in [-0.39, 0.29) is 17.7 Å². The van der Waals surface area contributed by atoms with E-state index in [0.29, 0.717) is 13.0 Å². The van der Waals surface area contributed by atoms with Crippen molar-refractivity contribution in [1.29, 1.82) is 0 Å². The van der Waals surface area contributed by atoms with Crippen LogP contribution in [0.15, 0.2) is 0 Å². The van der Waals surface area contributed by atoms with Gasteiger partial charge in [-0.2, -0.15) is 0 Å². The first kappa shape index (κ1) is 11.2. The first-order valence-electron chi connectivity index (χ1n) is 5.14. The van der Waals surface area contributed by atoms with Gasteiger partial charge in [0.05, 0.1) is 12.1 Å². The lowest BCUT2D eigenvalue weighted by atomic mass is 10.1. The second kappa shape index (κ2) is 4.55. The van der Waals surface area contributed by atoms with E-state index < -0.39 is 6.04 Å². The zero-order valence-electron chi connectivity index (χ0n) is 8.82. The Balaban J connectivity index is 2.67. The molecule has 0 aromatic heterocycles. The van der Waals surface area contributed by atoms with E-state index in [2.05, 4.69) is 0 Å². The summed E-state index contributed by atoms with van der Waals surface area (Å²) in [5.74, 6) is -0.00986. The third-order valence-electron chi connectivity index (χ3n) is 2.76. The van der Waals surface area contributed by atoms with E-state index in [1.165, 1.54) is 6.92 Å². The zero-order chi connectivity index (χ0) is 10.7. The summed E-state index contributed by atoms with van der Waals surface area (Å²) in [5, 5.41) is 0. The molecule has 0 aromatic carbocycles. The van der Waals surface area contributed by atoms with Crippen LogP contribution < -0.4 is 5.73 Å². The summed E-state index contributed by atoms with van der Waals surface area (Å²) in [7, 11) is 0. The van der Waals surface area contributed by atoms with Crippen molar-refractivity contribution >= 4 is 11.7 Å². The molecule has 0 radical (unpaired) electrons. The number of amides is 1. The zero-order valence-corrected chi connectivity index (χ0v) is 8.82. The summed E-state index contributed by atoms with van der Waals surface area (Å²) in [6.07, 6.45) is 2.32. The molecule has 2 atom stereocenters. The molecule has 0 aromatic rings. The Kier molecular flexibility index (Phi) is 3.63. The first-order chi connectivity index (χ1) is 6.57. The van der Waals surface area contributed by atoms with Gasteiger partial charge in [-0.25, -0.2) is 0 Å². The molecule has 2 N–H and O–H groups in total. The van der Waals surface area contributed by atoms with Gasteiger partial charge in [-0.1, -0.05) is 6.92 Å². The third kappa shape index (κ3) is 2.12. The third-order valence-corrected chi connectivity index (χ3v) is 2.76. The molecule has 0 unspecified atom stereocenters. The van der Waals surface area contributed by atoms with E-state index in [0.717, 1.165) is 12.8 Å². The predicted octanol–water partition coefficient (Wildman–Crippen LogP) is 0.304. The summed E-state index contributed by atoms with van der Waals surface area (Å²) in [5.41, 5.74) is 5.66. The van der Waals surface area contributed by atoms with E-state index in [1.807, 2.05) is 6.92 Å². The molecule has 1 amide bonds. The van der Waals surface area contributed by atoms with Crippen molar-refractivity contribution in [2.45, 2.75) is 45.2 Å². The number of likely N-dealkylation sites (tertiary alicyclic amines) is 1. The normalized spacial score (nSPS) is 23.6. The molecule has 4 heteroatoms. The van der Waals surface area contributed by atoms with Crippen LogP contribution in [-0.2, 0) is 9.59 Å². The van der Waals surface area contributed by atoms with Crippen LogP contribution in [0.25, 0.3) is 0 Å². The number of carbonyl (C=O) groups excluding carboxylic acids is 2. The van der Waals surface area contributed by atoms with Crippen molar-refractivity contribution in [1.82, 2.24) is 4.90 Å². The smallest absolute Gasteiger partial charge is 0.240 e. The van der Waals surface area contributed by atoms with Crippen LogP contribution in [-0.4, -0.2) is 35.2 Å². The molecule has 0 spiro atoms. The number of Topliss-reactive ketones (excluding diaryl/α,β-unsaturated/α-hetero) is 1. The maximum absolute atomic E-state index is 11.7. The predicted molar refractivity (Wildman–Crippen MR) is 53.7 cm³/mol. The average molecular weight is 198 g/mol. The molecule has 0 saturated carbocycles. The molecule has 1 saturated heterocycles. The fourth-order valence-electron chi connectivity index (χ4n) is 1.84. The van der Waals surface area contributed by atoms with Gasteiger partial charge in [-0.3, -0.25) is 9.59 Å². The van der Waals surface area contributed by atoms with Gasteiger partial charge in [0.1, 0.15) is 0 Å². The van der Waals surface area contributed by atoms with Crippen molar-refractivity contribution in [2.75, 3.05) is 6.54 Å². The lowest BCUT2D eigenvalue weighted by Crippen LogP contribution is -2.47. The van der Waals surface area contributed by atoms with Crippen LogP contribution in [0, 0.1) is 0 Å². The van der Waals surface area contributed by atoms with Gasteiger partial charge >= 0.3 is 0 Å². The minimum Gasteiger partial charge on any atom is -0.331 e. The summed E-state index contributed by atoms with van der Waals surface area (Å²) in [4.78, 5) is 24.6. The Bertz CT molecular complexity index is 240. The molecule has 14 heavy (non-hydrogen) atoms. The van der Waals surface area contributed by atoms with Crippen LogP contribution in [0.1, 0.15) is 33.1 Å². The van der Waals surface area contributed by atoms with Crippen molar-refractivity contribution in [2.24, 2.45) is 5.73 Å². The number of hydrogen-bond acceptors (Lipinski definition) is 3. The Morgan fingerprint density at radius 1 is 1.57 bits per heavy atom. The molecule has 4 nitrogen and oxygen atoms in total. The Morgan fingerprint density at radius 3 is 2.71 bits per heavy atom. The van der Waals surface area contributed by atoms with Crippen molar-refractivity contribution in [3.8, 4) is 0 Å². The van der Waals surface area contributed by atoms with E-state index in [9.17, 15) is 9.59 Å². The lowest BCUT2D eigenvalue weighted by molar-refractivity contribution is -0.138. The Labute approximate surface area is 84.4 Å². The maximum atomic E-state index is 11.7. The minimum absolute atomic E-state index is 0.0687. The number of ketones is 1. The van der Waals surface area contributed by atoms with Crippen LogP contribution in [0.4, 0.5) is 0 Å². The standard InChI is InChI=1S/C10H18N2O2/c1-3-8(11)10(14)12-6-4-5-9(12)7(2)13/h8-9H,3-6,11H2,1-2H3/t8-,9+/m0/s1. The van der Waals surface area contributed by atoms with Crippen molar-refractivity contribution in [3.63, 3.8) is 0 Å². The second-order valence-corrected chi connectivity index (χ2v) is 3.82. The van der Waals surface area contributed by atoms with Crippen molar-refractivity contribution in [3.05, 3.63) is 0 Å². The fraction of sp³-hybridized carbons (Fsp3) is 0.800. The highest BCUT2D eigenvalue weighted by molar-refractivity contribution is 5.90. The molecule has 0 aliphatic carbocycles. The summed E-state index contributed by atoms with van der Waals surface area (Å²) < 4.78 is 0. The number of nitrogens with two attached hydrogens (primary N) is 1. The number of nitrogens with zero attached hydrogens (tertiary/aromatic N) is 1.